The Labute approximate surface area is 102 Å². The monoisotopic (exact) mass is 236 g/mol. The molecule has 1 atom stereocenters. The van der Waals surface area contributed by atoms with Crippen LogP contribution in [0.15, 0.2) is 29.0 Å². The summed E-state index contributed by atoms with van der Waals surface area (Å²) < 4.78 is 0. The van der Waals surface area contributed by atoms with Crippen LogP contribution >= 0.6 is 11.3 Å². The van der Waals surface area contributed by atoms with Gasteiger partial charge in [-0.1, -0.05) is 5.57 Å². The van der Waals surface area contributed by atoms with Crippen molar-refractivity contribution in [3.8, 4) is 0 Å². The minimum absolute atomic E-state index is 0.533. The molecule has 2 nitrogen and oxygen atoms in total. The number of nitrogens with zero attached hydrogens (tertiary/aromatic N) is 1. The van der Waals surface area contributed by atoms with E-state index in [1.807, 2.05) is 0 Å². The second-order valence-corrected chi connectivity index (χ2v) is 5.30. The predicted molar refractivity (Wildman–Crippen MR) is 70.9 cm³/mol. The lowest BCUT2D eigenvalue weighted by atomic mass is 10.0. The van der Waals surface area contributed by atoms with Crippen LogP contribution in [-0.2, 0) is 0 Å². The summed E-state index contributed by atoms with van der Waals surface area (Å²) in [6, 6.07) is 2.78. The molecule has 1 aromatic rings. The summed E-state index contributed by atoms with van der Waals surface area (Å²) in [6.45, 7) is 10.7. The molecule has 0 aliphatic carbocycles. The van der Waals surface area contributed by atoms with Crippen molar-refractivity contribution in [2.75, 3.05) is 26.2 Å². The van der Waals surface area contributed by atoms with E-state index >= 15 is 0 Å². The van der Waals surface area contributed by atoms with Crippen molar-refractivity contribution in [1.29, 1.82) is 0 Å². The van der Waals surface area contributed by atoms with Crippen molar-refractivity contribution in [2.45, 2.75) is 19.4 Å². The fourth-order valence-electron chi connectivity index (χ4n) is 2.25. The Morgan fingerprint density at radius 2 is 2.31 bits per heavy atom. The van der Waals surface area contributed by atoms with Crippen LogP contribution in [-0.4, -0.2) is 31.1 Å². The molecule has 2 rings (SSSR count). The average Bonchev–Trinajstić information content (AvgIpc) is 2.80. The van der Waals surface area contributed by atoms with Gasteiger partial charge in [0.15, 0.2) is 0 Å². The fraction of sp³-hybridized carbons (Fsp3) is 0.538. The van der Waals surface area contributed by atoms with Crippen LogP contribution in [0.2, 0.25) is 0 Å². The smallest absolute Gasteiger partial charge is 0.0394 e. The molecule has 0 spiro atoms. The SMILES string of the molecule is C=C(C)C[C@H](c1ccsc1)N1CCNCC1. The average molecular weight is 236 g/mol. The number of hydrogen-bond donors (Lipinski definition) is 1. The third-order valence-electron chi connectivity index (χ3n) is 3.06. The van der Waals surface area contributed by atoms with Gasteiger partial charge in [0.25, 0.3) is 0 Å². The molecule has 0 saturated carbocycles. The fourth-order valence-corrected chi connectivity index (χ4v) is 2.95. The number of rotatable bonds is 4. The summed E-state index contributed by atoms with van der Waals surface area (Å²) in [5.41, 5.74) is 2.73. The molecular weight excluding hydrogens is 216 g/mol. The van der Waals surface area contributed by atoms with E-state index in [0.717, 1.165) is 32.6 Å². The van der Waals surface area contributed by atoms with Gasteiger partial charge in [0.1, 0.15) is 0 Å². The van der Waals surface area contributed by atoms with Gasteiger partial charge in [-0.2, -0.15) is 11.3 Å². The minimum Gasteiger partial charge on any atom is -0.314 e. The second-order valence-electron chi connectivity index (χ2n) is 4.52. The molecule has 16 heavy (non-hydrogen) atoms. The lowest BCUT2D eigenvalue weighted by Crippen LogP contribution is -2.45. The van der Waals surface area contributed by atoms with Crippen molar-refractivity contribution >= 4 is 11.3 Å². The standard InChI is InChI=1S/C13H20N2S/c1-11(2)9-13(12-3-8-16-10-12)15-6-4-14-5-7-15/h3,8,10,13-14H,1,4-7,9H2,2H3/t13-/m1/s1. The Kier molecular flexibility index (Phi) is 4.16. The van der Waals surface area contributed by atoms with E-state index in [0.29, 0.717) is 6.04 Å². The maximum Gasteiger partial charge on any atom is 0.0394 e. The highest BCUT2D eigenvalue weighted by atomic mass is 32.1. The lowest BCUT2D eigenvalue weighted by Gasteiger charge is -2.35. The van der Waals surface area contributed by atoms with Crippen molar-refractivity contribution in [2.24, 2.45) is 0 Å². The first-order chi connectivity index (χ1) is 7.77. The van der Waals surface area contributed by atoms with Crippen LogP contribution in [0.25, 0.3) is 0 Å². The molecule has 1 fully saturated rings. The summed E-state index contributed by atoms with van der Waals surface area (Å²) in [7, 11) is 0. The molecule has 1 aromatic heterocycles. The van der Waals surface area contributed by atoms with Crippen LogP contribution in [0.3, 0.4) is 0 Å². The largest absolute Gasteiger partial charge is 0.314 e. The Bertz CT molecular complexity index is 326. The highest BCUT2D eigenvalue weighted by Gasteiger charge is 2.22. The molecule has 1 aliphatic rings. The van der Waals surface area contributed by atoms with E-state index in [1.165, 1.54) is 11.1 Å². The second kappa shape index (κ2) is 5.62. The van der Waals surface area contributed by atoms with Crippen molar-refractivity contribution in [3.05, 3.63) is 34.5 Å². The number of thiophene rings is 1. The van der Waals surface area contributed by atoms with Gasteiger partial charge in [0.2, 0.25) is 0 Å². The number of hydrogen-bond acceptors (Lipinski definition) is 3. The number of nitrogens with one attached hydrogen (secondary N) is 1. The molecular formula is C13H20N2S. The summed E-state index contributed by atoms with van der Waals surface area (Å²) in [5.74, 6) is 0. The summed E-state index contributed by atoms with van der Waals surface area (Å²) in [4.78, 5) is 2.58. The van der Waals surface area contributed by atoms with E-state index in [9.17, 15) is 0 Å². The van der Waals surface area contributed by atoms with E-state index < -0.39 is 0 Å². The van der Waals surface area contributed by atoms with Gasteiger partial charge in [-0.15, -0.1) is 6.58 Å². The third-order valence-corrected chi connectivity index (χ3v) is 3.76. The van der Waals surface area contributed by atoms with Gasteiger partial charge >= 0.3 is 0 Å². The van der Waals surface area contributed by atoms with E-state index in [1.54, 1.807) is 11.3 Å². The Balaban J connectivity index is 2.10. The quantitative estimate of drug-likeness (QED) is 0.809. The van der Waals surface area contributed by atoms with Crippen LogP contribution in [0.1, 0.15) is 24.9 Å². The summed E-state index contributed by atoms with van der Waals surface area (Å²) in [6.07, 6.45) is 1.08. The first-order valence-corrected chi connectivity index (χ1v) is 6.83. The normalized spacial score (nSPS) is 19.6. The molecule has 1 saturated heterocycles. The van der Waals surface area contributed by atoms with E-state index in [-0.39, 0.29) is 0 Å². The molecule has 88 valence electrons. The Morgan fingerprint density at radius 3 is 2.88 bits per heavy atom. The van der Waals surface area contributed by atoms with Crippen LogP contribution in [0.4, 0.5) is 0 Å². The van der Waals surface area contributed by atoms with Crippen LogP contribution in [0.5, 0.6) is 0 Å². The molecule has 1 aliphatic heterocycles. The van der Waals surface area contributed by atoms with Gasteiger partial charge in [0, 0.05) is 32.2 Å². The molecule has 3 heteroatoms. The van der Waals surface area contributed by atoms with Gasteiger partial charge in [0.05, 0.1) is 0 Å². The highest BCUT2D eigenvalue weighted by Crippen LogP contribution is 2.28. The zero-order valence-corrected chi connectivity index (χ0v) is 10.7. The van der Waals surface area contributed by atoms with E-state index in [4.69, 9.17) is 0 Å². The highest BCUT2D eigenvalue weighted by molar-refractivity contribution is 7.07. The zero-order valence-electron chi connectivity index (χ0n) is 9.91. The maximum atomic E-state index is 4.06. The van der Waals surface area contributed by atoms with Crippen LogP contribution < -0.4 is 5.32 Å². The topological polar surface area (TPSA) is 15.3 Å². The van der Waals surface area contributed by atoms with Crippen molar-refractivity contribution in [3.63, 3.8) is 0 Å². The maximum absolute atomic E-state index is 4.06. The summed E-state index contributed by atoms with van der Waals surface area (Å²) in [5, 5.41) is 7.85. The molecule has 0 radical (unpaired) electrons. The van der Waals surface area contributed by atoms with Crippen LogP contribution in [0, 0.1) is 0 Å². The zero-order chi connectivity index (χ0) is 11.4. The molecule has 0 unspecified atom stereocenters. The molecule has 0 aromatic carbocycles. The van der Waals surface area contributed by atoms with Gasteiger partial charge in [-0.05, 0) is 35.7 Å². The van der Waals surface area contributed by atoms with Gasteiger partial charge < -0.3 is 5.32 Å². The third kappa shape index (κ3) is 2.94. The van der Waals surface area contributed by atoms with Gasteiger partial charge in [-0.3, -0.25) is 4.90 Å². The molecule has 1 N–H and O–H groups in total. The Morgan fingerprint density at radius 1 is 1.56 bits per heavy atom. The molecule has 0 amide bonds. The van der Waals surface area contributed by atoms with Crippen molar-refractivity contribution < 1.29 is 0 Å². The minimum atomic E-state index is 0.533. The first kappa shape index (κ1) is 11.8. The first-order valence-electron chi connectivity index (χ1n) is 5.88. The van der Waals surface area contributed by atoms with E-state index in [2.05, 4.69) is 40.5 Å². The van der Waals surface area contributed by atoms with Crippen molar-refractivity contribution in [1.82, 2.24) is 10.2 Å². The molecule has 0 bridgehead atoms. The van der Waals surface area contributed by atoms with Gasteiger partial charge in [-0.25, -0.2) is 0 Å². The predicted octanol–water partition coefficient (Wildman–Crippen LogP) is 2.66. The molecule has 2 heterocycles. The summed E-state index contributed by atoms with van der Waals surface area (Å²) >= 11 is 1.79. The number of piperazine rings is 1. The lowest BCUT2D eigenvalue weighted by molar-refractivity contribution is 0.173. The Hall–Kier alpha value is -0.640.